The second-order valence-electron chi connectivity index (χ2n) is 7.61. The van der Waals surface area contributed by atoms with Crippen molar-refractivity contribution in [1.29, 1.82) is 0 Å². The van der Waals surface area contributed by atoms with E-state index >= 15 is 0 Å². The molecule has 3 heterocycles. The third kappa shape index (κ3) is 4.31. The average Bonchev–Trinajstić information content (AvgIpc) is 3.42. The van der Waals surface area contributed by atoms with Gasteiger partial charge in [-0.15, -0.1) is 22.7 Å². The molecule has 0 saturated carbocycles. The van der Waals surface area contributed by atoms with Gasteiger partial charge in [-0.2, -0.15) is 0 Å². The van der Waals surface area contributed by atoms with Gasteiger partial charge in [0, 0.05) is 46.2 Å². The number of nitrogens with two attached hydrogens (primary N) is 2. The van der Waals surface area contributed by atoms with Crippen molar-refractivity contribution in [3.05, 3.63) is 51.0 Å². The van der Waals surface area contributed by atoms with Gasteiger partial charge in [0.2, 0.25) is 0 Å². The van der Waals surface area contributed by atoms with E-state index in [0.29, 0.717) is 36.6 Å². The molecule has 0 fully saturated rings. The molecule has 5 N–H and O–H groups in total. The Morgan fingerprint density at radius 2 is 2.10 bits per heavy atom. The summed E-state index contributed by atoms with van der Waals surface area (Å²) < 4.78 is 0. The van der Waals surface area contributed by atoms with E-state index < -0.39 is 5.91 Å². The SMILES string of the molecule is CCCCNC(=O)N1CCc2sc(C(N)=O)c(-c3cc(-c4cccs4)ccc3N)c2C1. The molecular formula is C23H26N4O2S2. The van der Waals surface area contributed by atoms with E-state index in [1.807, 2.05) is 29.6 Å². The average molecular weight is 455 g/mol. The smallest absolute Gasteiger partial charge is 0.317 e. The number of benzene rings is 1. The number of hydrogen-bond donors (Lipinski definition) is 3. The fourth-order valence-electron chi connectivity index (χ4n) is 3.87. The van der Waals surface area contributed by atoms with Gasteiger partial charge in [-0.3, -0.25) is 4.79 Å². The van der Waals surface area contributed by atoms with E-state index in [1.54, 1.807) is 16.2 Å². The number of urea groups is 1. The number of carbonyl (C=O) groups excluding carboxylic acids is 2. The van der Waals surface area contributed by atoms with Gasteiger partial charge in [-0.25, -0.2) is 4.79 Å². The van der Waals surface area contributed by atoms with Crippen molar-refractivity contribution >= 4 is 40.3 Å². The first-order valence-electron chi connectivity index (χ1n) is 10.4. The van der Waals surface area contributed by atoms with Gasteiger partial charge in [0.15, 0.2) is 0 Å². The molecule has 8 heteroatoms. The van der Waals surface area contributed by atoms with Gasteiger partial charge in [0.05, 0.1) is 0 Å². The molecule has 1 aliphatic heterocycles. The molecular weight excluding hydrogens is 428 g/mol. The lowest BCUT2D eigenvalue weighted by Crippen LogP contribution is -2.42. The summed E-state index contributed by atoms with van der Waals surface area (Å²) in [4.78, 5) is 29.5. The number of nitrogen functional groups attached to an aromatic ring is 1. The third-order valence-corrected chi connectivity index (χ3v) is 7.72. The fourth-order valence-corrected chi connectivity index (χ4v) is 5.76. The number of amides is 3. The Balaban J connectivity index is 1.74. The van der Waals surface area contributed by atoms with Gasteiger partial charge >= 0.3 is 6.03 Å². The lowest BCUT2D eigenvalue weighted by Gasteiger charge is -2.28. The molecule has 3 amide bonds. The molecule has 0 spiro atoms. The molecule has 0 bridgehead atoms. The molecule has 0 atom stereocenters. The Bertz CT molecular complexity index is 1110. The Hall–Kier alpha value is -2.84. The van der Waals surface area contributed by atoms with Crippen LogP contribution in [0.1, 0.15) is 39.9 Å². The second kappa shape index (κ2) is 9.11. The Morgan fingerprint density at radius 3 is 2.81 bits per heavy atom. The Labute approximate surface area is 189 Å². The van der Waals surface area contributed by atoms with E-state index in [2.05, 4.69) is 18.3 Å². The number of nitrogens with zero attached hydrogens (tertiary/aromatic N) is 1. The standard InChI is InChI=1S/C23H26N4O2S2/c1-2-3-9-26-23(29)27-10-8-19-16(13-27)20(21(31-19)22(25)28)15-12-14(6-7-17(15)24)18-5-4-11-30-18/h4-7,11-12H,2-3,8-10,13,24H2,1H3,(H2,25,28)(H,26,29). The first-order valence-corrected chi connectivity index (χ1v) is 12.1. The van der Waals surface area contributed by atoms with Gasteiger partial charge in [-0.1, -0.05) is 25.5 Å². The monoisotopic (exact) mass is 454 g/mol. The summed E-state index contributed by atoms with van der Waals surface area (Å²) in [6, 6.07) is 9.87. The number of nitrogens with one attached hydrogen (secondary N) is 1. The van der Waals surface area contributed by atoms with Crippen LogP contribution in [0.2, 0.25) is 0 Å². The van der Waals surface area contributed by atoms with E-state index in [0.717, 1.165) is 44.8 Å². The number of primary amides is 1. The summed E-state index contributed by atoms with van der Waals surface area (Å²) >= 11 is 3.08. The molecule has 0 unspecified atom stereocenters. The normalized spacial score (nSPS) is 13.1. The molecule has 3 aromatic rings. The minimum Gasteiger partial charge on any atom is -0.398 e. The van der Waals surface area contributed by atoms with Crippen LogP contribution in [-0.4, -0.2) is 29.9 Å². The minimum atomic E-state index is -0.464. The summed E-state index contributed by atoms with van der Waals surface area (Å²) in [6.07, 6.45) is 2.68. The largest absolute Gasteiger partial charge is 0.398 e. The zero-order valence-electron chi connectivity index (χ0n) is 17.4. The van der Waals surface area contributed by atoms with Crippen molar-refractivity contribution in [1.82, 2.24) is 10.2 Å². The number of carbonyl (C=O) groups is 2. The quantitative estimate of drug-likeness (QED) is 0.372. The first-order chi connectivity index (χ1) is 15.0. The zero-order chi connectivity index (χ0) is 22.0. The first kappa shape index (κ1) is 21.4. The summed E-state index contributed by atoms with van der Waals surface area (Å²) in [7, 11) is 0. The fraction of sp³-hybridized carbons (Fsp3) is 0.304. The summed E-state index contributed by atoms with van der Waals surface area (Å²) in [6.45, 7) is 3.82. The van der Waals surface area contributed by atoms with E-state index in [1.165, 1.54) is 11.3 Å². The highest BCUT2D eigenvalue weighted by molar-refractivity contribution is 7.15. The van der Waals surface area contributed by atoms with E-state index in [-0.39, 0.29) is 6.03 Å². The zero-order valence-corrected chi connectivity index (χ0v) is 19.1. The highest BCUT2D eigenvalue weighted by atomic mass is 32.1. The van der Waals surface area contributed by atoms with Crippen LogP contribution in [0.3, 0.4) is 0 Å². The molecule has 1 aromatic carbocycles. The minimum absolute atomic E-state index is 0.0721. The topological polar surface area (TPSA) is 101 Å². The van der Waals surface area contributed by atoms with Crippen molar-refractivity contribution in [3.63, 3.8) is 0 Å². The van der Waals surface area contributed by atoms with Crippen LogP contribution in [0.4, 0.5) is 10.5 Å². The molecule has 31 heavy (non-hydrogen) atoms. The van der Waals surface area contributed by atoms with Crippen molar-refractivity contribution in [2.45, 2.75) is 32.7 Å². The molecule has 4 rings (SSSR count). The molecule has 0 aliphatic carbocycles. The second-order valence-corrected chi connectivity index (χ2v) is 9.66. The highest BCUT2D eigenvalue weighted by Gasteiger charge is 2.30. The number of unbranched alkanes of at least 4 members (excludes halogenated alkanes) is 1. The van der Waals surface area contributed by atoms with Crippen molar-refractivity contribution in [3.8, 4) is 21.6 Å². The molecule has 0 radical (unpaired) electrons. The van der Waals surface area contributed by atoms with Crippen LogP contribution >= 0.6 is 22.7 Å². The van der Waals surface area contributed by atoms with Crippen LogP contribution < -0.4 is 16.8 Å². The van der Waals surface area contributed by atoms with Crippen LogP contribution in [0.5, 0.6) is 0 Å². The maximum atomic E-state index is 12.7. The van der Waals surface area contributed by atoms with Crippen LogP contribution in [0.15, 0.2) is 35.7 Å². The van der Waals surface area contributed by atoms with Crippen molar-refractivity contribution < 1.29 is 9.59 Å². The molecule has 1 aliphatic rings. The number of anilines is 1. The Morgan fingerprint density at radius 1 is 1.26 bits per heavy atom. The van der Waals surface area contributed by atoms with Crippen molar-refractivity contribution in [2.24, 2.45) is 5.73 Å². The lowest BCUT2D eigenvalue weighted by molar-refractivity contribution is 0.100. The molecule has 0 saturated heterocycles. The lowest BCUT2D eigenvalue weighted by atomic mass is 9.94. The maximum Gasteiger partial charge on any atom is 0.317 e. The predicted octanol–water partition coefficient (Wildman–Crippen LogP) is 4.69. The number of thiophene rings is 2. The van der Waals surface area contributed by atoms with Crippen LogP contribution in [0, 0.1) is 0 Å². The summed E-state index contributed by atoms with van der Waals surface area (Å²) in [5.74, 6) is -0.464. The van der Waals surface area contributed by atoms with Gasteiger partial charge in [0.1, 0.15) is 4.88 Å². The van der Waals surface area contributed by atoms with Crippen molar-refractivity contribution in [2.75, 3.05) is 18.8 Å². The molecule has 6 nitrogen and oxygen atoms in total. The Kier molecular flexibility index (Phi) is 6.29. The van der Waals surface area contributed by atoms with Gasteiger partial charge in [-0.05, 0) is 47.5 Å². The molecule has 162 valence electrons. The number of rotatable bonds is 6. The van der Waals surface area contributed by atoms with Crippen LogP contribution in [0.25, 0.3) is 21.6 Å². The summed E-state index contributed by atoms with van der Waals surface area (Å²) in [5.41, 5.74) is 16.3. The molecule has 2 aromatic heterocycles. The van der Waals surface area contributed by atoms with Crippen LogP contribution in [-0.2, 0) is 13.0 Å². The van der Waals surface area contributed by atoms with Gasteiger partial charge < -0.3 is 21.7 Å². The number of fused-ring (bicyclic) bond motifs is 1. The van der Waals surface area contributed by atoms with E-state index in [9.17, 15) is 9.59 Å². The third-order valence-electron chi connectivity index (χ3n) is 5.49. The predicted molar refractivity (Wildman–Crippen MR) is 128 cm³/mol. The van der Waals surface area contributed by atoms with Gasteiger partial charge in [0.25, 0.3) is 5.91 Å². The summed E-state index contributed by atoms with van der Waals surface area (Å²) in [5, 5.41) is 5.02. The maximum absolute atomic E-state index is 12.7. The number of hydrogen-bond acceptors (Lipinski definition) is 5. The highest BCUT2D eigenvalue weighted by Crippen LogP contribution is 2.43. The van der Waals surface area contributed by atoms with E-state index in [4.69, 9.17) is 11.5 Å².